The maximum absolute atomic E-state index is 11.8. The first kappa shape index (κ1) is 14.5. The minimum Gasteiger partial charge on any atom is -0.324 e. The molecule has 0 radical (unpaired) electrons. The van der Waals surface area contributed by atoms with Crippen LogP contribution in [0.1, 0.15) is 18.7 Å². The Morgan fingerprint density at radius 2 is 2.00 bits per heavy atom. The molecule has 0 saturated heterocycles. The fourth-order valence-electron chi connectivity index (χ4n) is 1.74. The molecule has 0 aliphatic carbocycles. The summed E-state index contributed by atoms with van der Waals surface area (Å²) in [6.07, 6.45) is 1.73. The molecule has 5 heteroatoms. The zero-order chi connectivity index (χ0) is 14.4. The van der Waals surface area contributed by atoms with Crippen LogP contribution in [-0.2, 0) is 4.79 Å². The molecule has 1 aromatic heterocycles. The second kappa shape index (κ2) is 7.03. The van der Waals surface area contributed by atoms with Crippen LogP contribution in [0.5, 0.6) is 0 Å². The van der Waals surface area contributed by atoms with Gasteiger partial charge >= 0.3 is 0 Å². The van der Waals surface area contributed by atoms with Crippen LogP contribution in [-0.4, -0.2) is 17.4 Å². The highest BCUT2D eigenvalue weighted by atomic mass is 35.5. The predicted octanol–water partition coefficient (Wildman–Crippen LogP) is 3.02. The van der Waals surface area contributed by atoms with Crippen LogP contribution in [0.15, 0.2) is 48.7 Å². The number of aromatic nitrogens is 1. The van der Waals surface area contributed by atoms with Crippen LogP contribution < -0.4 is 10.6 Å². The van der Waals surface area contributed by atoms with Crippen molar-refractivity contribution < 1.29 is 4.79 Å². The van der Waals surface area contributed by atoms with Crippen LogP contribution in [0.3, 0.4) is 0 Å². The number of para-hydroxylation sites is 1. The number of halogens is 1. The van der Waals surface area contributed by atoms with Gasteiger partial charge in [0.25, 0.3) is 0 Å². The first-order valence-electron chi connectivity index (χ1n) is 6.35. The molecule has 0 spiro atoms. The Morgan fingerprint density at radius 1 is 1.25 bits per heavy atom. The number of nitrogens with one attached hydrogen (secondary N) is 2. The summed E-state index contributed by atoms with van der Waals surface area (Å²) < 4.78 is 0. The van der Waals surface area contributed by atoms with Crippen molar-refractivity contribution in [2.45, 2.75) is 13.0 Å². The SMILES string of the molecule is C[C@H](NCC(=O)Nc1ccccc1Cl)c1ccccn1. The second-order valence-electron chi connectivity index (χ2n) is 4.39. The predicted molar refractivity (Wildman–Crippen MR) is 80.7 cm³/mol. The van der Waals surface area contributed by atoms with E-state index in [-0.39, 0.29) is 18.5 Å². The van der Waals surface area contributed by atoms with Crippen molar-refractivity contribution in [2.75, 3.05) is 11.9 Å². The number of benzene rings is 1. The number of nitrogens with zero attached hydrogens (tertiary/aromatic N) is 1. The Kier molecular flexibility index (Phi) is 5.09. The van der Waals surface area contributed by atoms with E-state index in [0.29, 0.717) is 10.7 Å². The molecule has 1 aromatic carbocycles. The molecule has 2 N–H and O–H groups in total. The molecule has 4 nitrogen and oxygen atoms in total. The van der Waals surface area contributed by atoms with E-state index in [2.05, 4.69) is 15.6 Å². The highest BCUT2D eigenvalue weighted by molar-refractivity contribution is 6.33. The number of anilines is 1. The zero-order valence-electron chi connectivity index (χ0n) is 11.1. The number of hydrogen-bond acceptors (Lipinski definition) is 3. The van der Waals surface area contributed by atoms with E-state index in [4.69, 9.17) is 11.6 Å². The summed E-state index contributed by atoms with van der Waals surface area (Å²) in [5.41, 5.74) is 1.52. The zero-order valence-corrected chi connectivity index (χ0v) is 11.9. The Balaban J connectivity index is 1.85. The molecule has 0 aliphatic heterocycles. The molecule has 0 bridgehead atoms. The third-order valence-electron chi connectivity index (χ3n) is 2.85. The van der Waals surface area contributed by atoms with Gasteiger partial charge in [0.15, 0.2) is 0 Å². The Labute approximate surface area is 123 Å². The first-order valence-corrected chi connectivity index (χ1v) is 6.73. The standard InChI is InChI=1S/C15H16ClN3O/c1-11(13-7-4-5-9-17-13)18-10-15(20)19-14-8-3-2-6-12(14)16/h2-9,11,18H,10H2,1H3,(H,19,20)/t11-/m0/s1. The van der Waals surface area contributed by atoms with Gasteiger partial charge in [-0.3, -0.25) is 9.78 Å². The quantitative estimate of drug-likeness (QED) is 0.889. The van der Waals surface area contributed by atoms with E-state index in [0.717, 1.165) is 5.69 Å². The Bertz CT molecular complexity index is 574. The summed E-state index contributed by atoms with van der Waals surface area (Å²) in [5, 5.41) is 6.41. The maximum Gasteiger partial charge on any atom is 0.238 e. The molecule has 1 heterocycles. The van der Waals surface area contributed by atoms with E-state index >= 15 is 0 Å². The molecule has 0 saturated carbocycles. The van der Waals surface area contributed by atoms with Crippen molar-refractivity contribution in [3.8, 4) is 0 Å². The van der Waals surface area contributed by atoms with E-state index in [1.807, 2.05) is 37.3 Å². The van der Waals surface area contributed by atoms with Gasteiger partial charge in [-0.1, -0.05) is 29.8 Å². The van der Waals surface area contributed by atoms with Crippen molar-refractivity contribution in [1.82, 2.24) is 10.3 Å². The lowest BCUT2D eigenvalue weighted by molar-refractivity contribution is -0.115. The smallest absolute Gasteiger partial charge is 0.238 e. The van der Waals surface area contributed by atoms with Gasteiger partial charge in [0, 0.05) is 12.2 Å². The lowest BCUT2D eigenvalue weighted by Crippen LogP contribution is -2.30. The molecule has 1 atom stereocenters. The minimum absolute atomic E-state index is 0.00759. The van der Waals surface area contributed by atoms with Crippen molar-refractivity contribution in [3.63, 3.8) is 0 Å². The summed E-state index contributed by atoms with van der Waals surface area (Å²) in [4.78, 5) is 16.1. The Morgan fingerprint density at radius 3 is 2.70 bits per heavy atom. The van der Waals surface area contributed by atoms with Crippen LogP contribution in [0.25, 0.3) is 0 Å². The fourth-order valence-corrected chi connectivity index (χ4v) is 1.92. The van der Waals surface area contributed by atoms with Crippen molar-refractivity contribution in [2.24, 2.45) is 0 Å². The second-order valence-corrected chi connectivity index (χ2v) is 4.79. The first-order chi connectivity index (χ1) is 9.66. The molecular weight excluding hydrogens is 274 g/mol. The van der Waals surface area contributed by atoms with Crippen LogP contribution in [0.4, 0.5) is 5.69 Å². The molecule has 0 aliphatic rings. The van der Waals surface area contributed by atoms with E-state index in [1.54, 1.807) is 18.3 Å². The van der Waals surface area contributed by atoms with Gasteiger partial charge in [-0.05, 0) is 31.2 Å². The van der Waals surface area contributed by atoms with E-state index in [9.17, 15) is 4.79 Å². The van der Waals surface area contributed by atoms with Gasteiger partial charge in [-0.25, -0.2) is 0 Å². The van der Waals surface area contributed by atoms with Crippen LogP contribution in [0.2, 0.25) is 5.02 Å². The Hall–Kier alpha value is -1.91. The number of rotatable bonds is 5. The normalized spacial score (nSPS) is 11.9. The lowest BCUT2D eigenvalue weighted by atomic mass is 10.2. The summed E-state index contributed by atoms with van der Waals surface area (Å²) >= 11 is 5.98. The molecule has 1 amide bonds. The monoisotopic (exact) mass is 289 g/mol. The number of carbonyl (C=O) groups is 1. The average molecular weight is 290 g/mol. The van der Waals surface area contributed by atoms with Gasteiger partial charge in [-0.2, -0.15) is 0 Å². The molecular formula is C15H16ClN3O. The minimum atomic E-state index is -0.138. The largest absolute Gasteiger partial charge is 0.324 e. The number of carbonyl (C=O) groups excluding carboxylic acids is 1. The van der Waals surface area contributed by atoms with Gasteiger partial charge in [0.2, 0.25) is 5.91 Å². The van der Waals surface area contributed by atoms with E-state index < -0.39 is 0 Å². The van der Waals surface area contributed by atoms with Crippen molar-refractivity contribution in [3.05, 3.63) is 59.4 Å². The molecule has 104 valence electrons. The van der Waals surface area contributed by atoms with Gasteiger partial charge in [0.05, 0.1) is 22.9 Å². The molecule has 0 fully saturated rings. The van der Waals surface area contributed by atoms with Crippen LogP contribution >= 0.6 is 11.6 Å². The van der Waals surface area contributed by atoms with E-state index in [1.165, 1.54) is 0 Å². The maximum atomic E-state index is 11.8. The number of hydrogen-bond donors (Lipinski definition) is 2. The molecule has 0 unspecified atom stereocenters. The number of amides is 1. The highest BCUT2D eigenvalue weighted by Crippen LogP contribution is 2.20. The van der Waals surface area contributed by atoms with Crippen molar-refractivity contribution in [1.29, 1.82) is 0 Å². The van der Waals surface area contributed by atoms with Crippen LogP contribution in [0, 0.1) is 0 Å². The summed E-state index contributed by atoms with van der Waals surface area (Å²) in [7, 11) is 0. The molecule has 20 heavy (non-hydrogen) atoms. The van der Waals surface area contributed by atoms with Crippen molar-refractivity contribution >= 4 is 23.2 Å². The number of pyridine rings is 1. The third-order valence-corrected chi connectivity index (χ3v) is 3.18. The topological polar surface area (TPSA) is 54.0 Å². The average Bonchev–Trinajstić information content (AvgIpc) is 2.48. The molecule has 2 rings (SSSR count). The third kappa shape index (κ3) is 4.05. The highest BCUT2D eigenvalue weighted by Gasteiger charge is 2.09. The summed E-state index contributed by atoms with van der Waals surface area (Å²) in [5.74, 6) is -0.138. The summed E-state index contributed by atoms with van der Waals surface area (Å²) in [6.45, 7) is 2.16. The van der Waals surface area contributed by atoms with Gasteiger partial charge in [-0.15, -0.1) is 0 Å². The molecule has 2 aromatic rings. The van der Waals surface area contributed by atoms with Gasteiger partial charge < -0.3 is 10.6 Å². The van der Waals surface area contributed by atoms with Gasteiger partial charge in [0.1, 0.15) is 0 Å². The fraction of sp³-hybridized carbons (Fsp3) is 0.200. The summed E-state index contributed by atoms with van der Waals surface area (Å²) in [6, 6.07) is 12.9. The lowest BCUT2D eigenvalue weighted by Gasteiger charge is -2.13.